The Morgan fingerprint density at radius 2 is 1.58 bits per heavy atom. The molecule has 1 heterocycles. The van der Waals surface area contributed by atoms with Gasteiger partial charge in [-0.05, 0) is 69.0 Å². The van der Waals surface area contributed by atoms with Gasteiger partial charge in [-0.25, -0.2) is 18.2 Å². The number of thiazole rings is 1. The molecule has 0 unspecified atom stereocenters. The summed E-state index contributed by atoms with van der Waals surface area (Å²) in [5, 5.41) is 12.9. The molecule has 0 spiro atoms. The first kappa shape index (κ1) is 27.3. The number of hydrogen-bond donors (Lipinski definition) is 2. The molecule has 10 heteroatoms. The molecule has 0 bridgehead atoms. The highest BCUT2D eigenvalue weighted by Gasteiger charge is 2.27. The van der Waals surface area contributed by atoms with Crippen molar-refractivity contribution in [1.29, 1.82) is 0 Å². The molecule has 0 aliphatic carbocycles. The fourth-order valence-electron chi connectivity index (χ4n) is 3.82. The Kier molecular flexibility index (Phi) is 8.20. The fourth-order valence-corrected chi connectivity index (χ4v) is 5.54. The van der Waals surface area contributed by atoms with Crippen molar-refractivity contribution in [1.82, 2.24) is 4.98 Å². The van der Waals surface area contributed by atoms with Gasteiger partial charge >= 0.3 is 6.09 Å². The highest BCUT2D eigenvalue weighted by Crippen LogP contribution is 2.28. The summed E-state index contributed by atoms with van der Waals surface area (Å²) in [5.41, 5.74) is 2.89. The lowest BCUT2D eigenvalue weighted by Crippen LogP contribution is -2.45. The lowest BCUT2D eigenvalue weighted by molar-refractivity contribution is -0.114. The fraction of sp³-hybridized carbons (Fsp3) is 0.346. The SMILES string of the molecule is CC(=O)Nc1nc(CCc2ccc(N(C(=O)O)C(C)(C)C)cc2)c(Cc2ccc(S(C)(=O)=O)cc2)s1. The predicted molar refractivity (Wildman–Crippen MR) is 143 cm³/mol. The number of aromatic nitrogens is 1. The molecule has 2 N–H and O–H groups in total. The van der Waals surface area contributed by atoms with E-state index in [0.717, 1.165) is 21.7 Å². The summed E-state index contributed by atoms with van der Waals surface area (Å²) in [5.74, 6) is -0.197. The minimum absolute atomic E-state index is 0.197. The number of nitrogens with zero attached hydrogens (tertiary/aromatic N) is 2. The van der Waals surface area contributed by atoms with Crippen LogP contribution in [0.25, 0.3) is 0 Å². The zero-order valence-electron chi connectivity index (χ0n) is 21.0. The van der Waals surface area contributed by atoms with E-state index in [9.17, 15) is 23.1 Å². The summed E-state index contributed by atoms with van der Waals surface area (Å²) >= 11 is 1.41. The van der Waals surface area contributed by atoms with Crippen molar-refractivity contribution in [2.75, 3.05) is 16.5 Å². The summed E-state index contributed by atoms with van der Waals surface area (Å²) in [6.45, 7) is 6.98. The number of carbonyl (C=O) groups excluding carboxylic acids is 1. The smallest absolute Gasteiger partial charge is 0.412 e. The van der Waals surface area contributed by atoms with Crippen molar-refractivity contribution >= 4 is 44.0 Å². The molecule has 3 rings (SSSR count). The van der Waals surface area contributed by atoms with E-state index in [-0.39, 0.29) is 10.8 Å². The van der Waals surface area contributed by atoms with Crippen LogP contribution >= 0.6 is 11.3 Å². The quantitative estimate of drug-likeness (QED) is 0.416. The van der Waals surface area contributed by atoms with Gasteiger partial charge in [-0.1, -0.05) is 24.3 Å². The number of rotatable bonds is 8. The normalized spacial score (nSPS) is 11.8. The van der Waals surface area contributed by atoms with Crippen molar-refractivity contribution in [3.8, 4) is 0 Å². The maximum absolute atomic E-state index is 11.7. The van der Waals surface area contributed by atoms with Crippen LogP contribution in [-0.4, -0.2) is 42.3 Å². The minimum Gasteiger partial charge on any atom is -0.465 e. The predicted octanol–water partition coefficient (Wildman–Crippen LogP) is 5.16. The number of carbonyl (C=O) groups is 2. The Morgan fingerprint density at radius 1 is 1.00 bits per heavy atom. The summed E-state index contributed by atoms with van der Waals surface area (Å²) in [7, 11) is -3.26. The second-order valence-electron chi connectivity index (χ2n) is 9.62. The number of carboxylic acid groups (broad SMARTS) is 1. The van der Waals surface area contributed by atoms with E-state index in [0.29, 0.717) is 30.1 Å². The van der Waals surface area contributed by atoms with Crippen LogP contribution in [0.2, 0.25) is 0 Å². The lowest BCUT2D eigenvalue weighted by atomic mass is 10.0. The molecule has 8 nitrogen and oxygen atoms in total. The first-order valence-electron chi connectivity index (χ1n) is 11.4. The Bertz CT molecular complexity index is 1340. The molecule has 1 aromatic heterocycles. The third-order valence-electron chi connectivity index (χ3n) is 5.48. The highest BCUT2D eigenvalue weighted by molar-refractivity contribution is 7.90. The molecule has 2 amide bonds. The van der Waals surface area contributed by atoms with Crippen molar-refractivity contribution < 1.29 is 23.1 Å². The minimum atomic E-state index is -3.26. The Balaban J connectivity index is 1.79. The lowest BCUT2D eigenvalue weighted by Gasteiger charge is -2.33. The van der Waals surface area contributed by atoms with Crippen molar-refractivity contribution in [2.24, 2.45) is 0 Å². The third-order valence-corrected chi connectivity index (χ3v) is 7.63. The average Bonchev–Trinajstić information content (AvgIpc) is 3.12. The van der Waals surface area contributed by atoms with Crippen LogP contribution in [0.15, 0.2) is 53.4 Å². The monoisotopic (exact) mass is 529 g/mol. The molecule has 0 fully saturated rings. The van der Waals surface area contributed by atoms with E-state index in [1.165, 1.54) is 29.4 Å². The second kappa shape index (κ2) is 10.8. The largest absolute Gasteiger partial charge is 0.465 e. The number of nitrogens with one attached hydrogen (secondary N) is 1. The third kappa shape index (κ3) is 7.14. The summed E-state index contributed by atoms with van der Waals surface area (Å²) < 4.78 is 23.5. The van der Waals surface area contributed by atoms with E-state index < -0.39 is 21.5 Å². The van der Waals surface area contributed by atoms with Crippen molar-refractivity contribution in [3.63, 3.8) is 0 Å². The summed E-state index contributed by atoms with van der Waals surface area (Å²) in [4.78, 5) is 30.5. The van der Waals surface area contributed by atoms with Crippen LogP contribution in [-0.2, 0) is 33.9 Å². The molecule has 3 aromatic rings. The summed E-state index contributed by atoms with van der Waals surface area (Å²) in [6.07, 6.45) is 2.06. The van der Waals surface area contributed by atoms with Gasteiger partial charge in [0, 0.05) is 35.7 Å². The molecule has 0 radical (unpaired) electrons. The molecular formula is C26H31N3O5S2. The molecule has 0 saturated carbocycles. The van der Waals surface area contributed by atoms with Gasteiger partial charge in [0.25, 0.3) is 0 Å². The highest BCUT2D eigenvalue weighted by atomic mass is 32.2. The van der Waals surface area contributed by atoms with E-state index in [1.54, 1.807) is 24.3 Å². The molecule has 0 atom stereocenters. The Hall–Kier alpha value is -3.24. The van der Waals surface area contributed by atoms with Crippen LogP contribution in [0.4, 0.5) is 15.6 Å². The number of benzene rings is 2. The van der Waals surface area contributed by atoms with Crippen LogP contribution in [0.1, 0.15) is 49.4 Å². The second-order valence-corrected chi connectivity index (χ2v) is 12.7. The molecule has 0 aliphatic rings. The first-order valence-corrected chi connectivity index (χ1v) is 14.1. The van der Waals surface area contributed by atoms with Gasteiger partial charge in [-0.15, -0.1) is 11.3 Å². The standard InChI is InChI=1S/C26H31N3O5S2/c1-17(30)27-24-28-22(23(35-24)16-19-8-13-21(14-9-19)36(5,33)34)15-10-18-6-11-20(12-7-18)29(25(31)32)26(2,3)4/h6-9,11-14H,10,15-16H2,1-5H3,(H,31,32)(H,27,28,30). The van der Waals surface area contributed by atoms with E-state index >= 15 is 0 Å². The molecule has 2 aromatic carbocycles. The van der Waals surface area contributed by atoms with Gasteiger partial charge in [0.05, 0.1) is 10.6 Å². The van der Waals surface area contributed by atoms with E-state index in [1.807, 2.05) is 45.0 Å². The number of sulfone groups is 1. The van der Waals surface area contributed by atoms with Gasteiger partial charge in [0.2, 0.25) is 5.91 Å². The van der Waals surface area contributed by atoms with Gasteiger partial charge in [0.1, 0.15) is 0 Å². The van der Waals surface area contributed by atoms with Gasteiger partial charge in [-0.2, -0.15) is 0 Å². The van der Waals surface area contributed by atoms with Crippen LogP contribution in [0.3, 0.4) is 0 Å². The topological polar surface area (TPSA) is 117 Å². The van der Waals surface area contributed by atoms with Crippen LogP contribution in [0.5, 0.6) is 0 Å². The van der Waals surface area contributed by atoms with Crippen LogP contribution in [0, 0.1) is 0 Å². The maximum Gasteiger partial charge on any atom is 0.412 e. The molecule has 0 saturated heterocycles. The van der Waals surface area contributed by atoms with Crippen LogP contribution < -0.4 is 10.2 Å². The van der Waals surface area contributed by atoms with Gasteiger partial charge in [-0.3, -0.25) is 9.69 Å². The van der Waals surface area contributed by atoms with E-state index in [4.69, 9.17) is 0 Å². The summed E-state index contributed by atoms with van der Waals surface area (Å²) in [6, 6.07) is 14.2. The molecular weight excluding hydrogens is 498 g/mol. The Morgan fingerprint density at radius 3 is 2.08 bits per heavy atom. The zero-order valence-corrected chi connectivity index (χ0v) is 22.7. The Labute approximate surface area is 215 Å². The zero-order chi connectivity index (χ0) is 26.7. The van der Waals surface area contributed by atoms with Crippen molar-refractivity contribution in [3.05, 3.63) is 70.2 Å². The number of anilines is 2. The first-order chi connectivity index (χ1) is 16.7. The maximum atomic E-state index is 11.7. The number of amides is 2. The molecule has 0 aliphatic heterocycles. The molecule has 36 heavy (non-hydrogen) atoms. The van der Waals surface area contributed by atoms with Crippen molar-refractivity contribution in [2.45, 2.75) is 57.4 Å². The van der Waals surface area contributed by atoms with E-state index in [2.05, 4.69) is 10.3 Å². The molecule has 192 valence electrons. The number of aryl methyl sites for hydroxylation is 2. The number of hydrogen-bond acceptors (Lipinski definition) is 6. The van der Waals surface area contributed by atoms with Gasteiger partial charge in [0.15, 0.2) is 15.0 Å². The average molecular weight is 530 g/mol. The van der Waals surface area contributed by atoms with Gasteiger partial charge < -0.3 is 10.4 Å².